The second kappa shape index (κ2) is 7.17. The van der Waals surface area contributed by atoms with Crippen LogP contribution in [-0.4, -0.2) is 16.4 Å². The lowest BCUT2D eigenvalue weighted by Gasteiger charge is -2.08. The minimum atomic E-state index is -0.407. The van der Waals surface area contributed by atoms with Crippen LogP contribution < -0.4 is 10.9 Å². The molecule has 8 heteroatoms. The van der Waals surface area contributed by atoms with Crippen molar-refractivity contribution in [1.82, 2.24) is 15.4 Å². The van der Waals surface area contributed by atoms with Gasteiger partial charge in [-0.2, -0.15) is 0 Å². The van der Waals surface area contributed by atoms with Gasteiger partial charge >= 0.3 is 0 Å². The molecule has 0 fully saturated rings. The summed E-state index contributed by atoms with van der Waals surface area (Å²) in [6.45, 7) is 0. The molecule has 0 aliphatic carbocycles. The van der Waals surface area contributed by atoms with Crippen molar-refractivity contribution in [3.05, 3.63) is 56.2 Å². The molecule has 0 bridgehead atoms. The Morgan fingerprint density at radius 3 is 2.50 bits per heavy atom. The van der Waals surface area contributed by atoms with Gasteiger partial charge in [-0.05, 0) is 39.7 Å². The van der Waals surface area contributed by atoms with E-state index in [2.05, 4.69) is 26.8 Å². The van der Waals surface area contributed by atoms with E-state index < -0.39 is 5.91 Å². The molecule has 1 heterocycles. The van der Waals surface area contributed by atoms with Crippen LogP contribution in [0.2, 0.25) is 10.0 Å². The number of aryl methyl sites for hydroxylation is 1. The van der Waals surface area contributed by atoms with E-state index in [0.717, 1.165) is 4.47 Å². The maximum atomic E-state index is 11.9. The first-order valence-electron chi connectivity index (χ1n) is 6.22. The van der Waals surface area contributed by atoms with Gasteiger partial charge in [0.15, 0.2) is 0 Å². The summed E-state index contributed by atoms with van der Waals surface area (Å²) in [6, 6.07) is 6.58. The van der Waals surface area contributed by atoms with E-state index in [9.17, 15) is 9.59 Å². The SMILES string of the molecule is Cn1cc(Br)cc1C(=O)NNC(=O)Cc1ccc(Cl)c(Cl)c1. The zero-order valence-corrected chi connectivity index (χ0v) is 14.6. The number of hydrogen-bond donors (Lipinski definition) is 2. The quantitative estimate of drug-likeness (QED) is 0.772. The van der Waals surface area contributed by atoms with Crippen LogP contribution in [0, 0.1) is 0 Å². The van der Waals surface area contributed by atoms with Crippen LogP contribution in [0.1, 0.15) is 16.1 Å². The van der Waals surface area contributed by atoms with Crippen LogP contribution in [0.3, 0.4) is 0 Å². The lowest BCUT2D eigenvalue weighted by atomic mass is 10.1. The largest absolute Gasteiger partial charge is 0.345 e. The molecule has 0 saturated heterocycles. The first-order chi connectivity index (χ1) is 10.4. The molecule has 2 aromatic rings. The van der Waals surface area contributed by atoms with E-state index in [1.54, 1.807) is 42.1 Å². The van der Waals surface area contributed by atoms with Crippen LogP contribution in [0.15, 0.2) is 34.9 Å². The molecular weight excluding hydrogens is 393 g/mol. The van der Waals surface area contributed by atoms with E-state index in [1.807, 2.05) is 0 Å². The highest BCUT2D eigenvalue weighted by molar-refractivity contribution is 9.10. The number of nitrogens with zero attached hydrogens (tertiary/aromatic N) is 1. The fourth-order valence-electron chi connectivity index (χ4n) is 1.82. The maximum Gasteiger partial charge on any atom is 0.286 e. The Balaban J connectivity index is 1.91. The Labute approximate surface area is 145 Å². The number of rotatable bonds is 3. The van der Waals surface area contributed by atoms with Crippen molar-refractivity contribution in [2.45, 2.75) is 6.42 Å². The van der Waals surface area contributed by atoms with E-state index in [1.165, 1.54) is 0 Å². The van der Waals surface area contributed by atoms with E-state index in [-0.39, 0.29) is 12.3 Å². The van der Waals surface area contributed by atoms with Crippen LogP contribution in [0.5, 0.6) is 0 Å². The predicted molar refractivity (Wildman–Crippen MR) is 88.9 cm³/mol. The molecule has 2 N–H and O–H groups in total. The molecule has 0 saturated carbocycles. The molecule has 116 valence electrons. The second-order valence-electron chi connectivity index (χ2n) is 4.58. The predicted octanol–water partition coefficient (Wildman–Crippen LogP) is 3.10. The summed E-state index contributed by atoms with van der Waals surface area (Å²) in [4.78, 5) is 23.7. The number of carbonyl (C=O) groups excluding carboxylic acids is 2. The van der Waals surface area contributed by atoms with Crippen molar-refractivity contribution in [1.29, 1.82) is 0 Å². The standard InChI is InChI=1S/C14H12BrCl2N3O2/c1-20-7-9(15)6-12(20)14(22)19-18-13(21)5-8-2-3-10(16)11(17)4-8/h2-4,6-7H,5H2,1H3,(H,18,21)(H,19,22). The number of aromatic nitrogens is 1. The molecule has 0 aliphatic rings. The summed E-state index contributed by atoms with van der Waals surface area (Å²) in [5.74, 6) is -0.768. The number of hydrogen-bond acceptors (Lipinski definition) is 2. The molecule has 2 amide bonds. The van der Waals surface area contributed by atoms with Crippen molar-refractivity contribution in [3.8, 4) is 0 Å². The summed E-state index contributed by atoms with van der Waals surface area (Å²) in [7, 11) is 1.73. The van der Waals surface area contributed by atoms with E-state index in [0.29, 0.717) is 21.3 Å². The topological polar surface area (TPSA) is 63.1 Å². The first kappa shape index (κ1) is 16.9. The lowest BCUT2D eigenvalue weighted by molar-refractivity contribution is -0.121. The highest BCUT2D eigenvalue weighted by Gasteiger charge is 2.12. The summed E-state index contributed by atoms with van der Waals surface area (Å²) in [5.41, 5.74) is 5.83. The van der Waals surface area contributed by atoms with Crippen molar-refractivity contribution in [2.24, 2.45) is 7.05 Å². The van der Waals surface area contributed by atoms with Crippen molar-refractivity contribution >= 4 is 50.9 Å². The van der Waals surface area contributed by atoms with Gasteiger partial charge < -0.3 is 4.57 Å². The fourth-order valence-corrected chi connectivity index (χ4v) is 2.66. The minimum absolute atomic E-state index is 0.0774. The summed E-state index contributed by atoms with van der Waals surface area (Å²) in [6.07, 6.45) is 1.82. The highest BCUT2D eigenvalue weighted by atomic mass is 79.9. The second-order valence-corrected chi connectivity index (χ2v) is 6.31. The number of carbonyl (C=O) groups is 2. The third-order valence-corrected chi connectivity index (χ3v) is 4.04. The summed E-state index contributed by atoms with van der Waals surface area (Å²) in [5, 5.41) is 0.804. The van der Waals surface area contributed by atoms with Crippen LogP contribution in [-0.2, 0) is 18.3 Å². The number of halogens is 3. The van der Waals surface area contributed by atoms with Crippen LogP contribution in [0.4, 0.5) is 0 Å². The molecule has 1 aromatic heterocycles. The van der Waals surface area contributed by atoms with E-state index in [4.69, 9.17) is 23.2 Å². The average Bonchev–Trinajstić information content (AvgIpc) is 2.79. The first-order valence-corrected chi connectivity index (χ1v) is 7.76. The van der Waals surface area contributed by atoms with Gasteiger partial charge in [-0.15, -0.1) is 0 Å². The van der Waals surface area contributed by atoms with Crippen molar-refractivity contribution in [2.75, 3.05) is 0 Å². The Hall–Kier alpha value is -1.50. The molecular formula is C14H12BrCl2N3O2. The van der Waals surface area contributed by atoms with Gasteiger partial charge in [-0.25, -0.2) is 0 Å². The summed E-state index contributed by atoms with van der Waals surface area (Å²) >= 11 is 15.0. The molecule has 0 spiro atoms. The lowest BCUT2D eigenvalue weighted by Crippen LogP contribution is -2.42. The van der Waals surface area contributed by atoms with Gasteiger partial charge in [-0.3, -0.25) is 20.4 Å². The Kier molecular flexibility index (Phi) is 5.50. The van der Waals surface area contributed by atoms with Crippen LogP contribution >= 0.6 is 39.1 Å². The third kappa shape index (κ3) is 4.25. The molecule has 2 rings (SSSR count). The molecule has 0 aliphatic heterocycles. The molecule has 5 nitrogen and oxygen atoms in total. The van der Waals surface area contributed by atoms with Gasteiger partial charge in [0.05, 0.1) is 16.5 Å². The fraction of sp³-hybridized carbons (Fsp3) is 0.143. The zero-order chi connectivity index (χ0) is 16.3. The molecule has 0 radical (unpaired) electrons. The van der Waals surface area contributed by atoms with Gasteiger partial charge in [0, 0.05) is 17.7 Å². The van der Waals surface area contributed by atoms with Crippen LogP contribution in [0.25, 0.3) is 0 Å². The summed E-state index contributed by atoms with van der Waals surface area (Å²) < 4.78 is 2.42. The Bertz CT molecular complexity index is 731. The Morgan fingerprint density at radius 2 is 1.91 bits per heavy atom. The zero-order valence-electron chi connectivity index (χ0n) is 11.5. The number of benzene rings is 1. The van der Waals surface area contributed by atoms with Gasteiger partial charge in [0.2, 0.25) is 5.91 Å². The van der Waals surface area contributed by atoms with E-state index >= 15 is 0 Å². The third-order valence-electron chi connectivity index (χ3n) is 2.87. The van der Waals surface area contributed by atoms with Crippen molar-refractivity contribution < 1.29 is 9.59 Å². The number of amides is 2. The number of hydrazine groups is 1. The molecule has 1 aromatic carbocycles. The normalized spacial score (nSPS) is 10.4. The molecule has 0 unspecified atom stereocenters. The van der Waals surface area contributed by atoms with Gasteiger partial charge in [0.25, 0.3) is 5.91 Å². The molecule has 22 heavy (non-hydrogen) atoms. The smallest absolute Gasteiger partial charge is 0.286 e. The highest BCUT2D eigenvalue weighted by Crippen LogP contribution is 2.22. The number of nitrogens with one attached hydrogen (secondary N) is 2. The van der Waals surface area contributed by atoms with Gasteiger partial charge in [-0.1, -0.05) is 29.3 Å². The monoisotopic (exact) mass is 403 g/mol. The maximum absolute atomic E-state index is 11.9. The van der Waals surface area contributed by atoms with Gasteiger partial charge in [0.1, 0.15) is 5.69 Å². The average molecular weight is 405 g/mol. The minimum Gasteiger partial charge on any atom is -0.345 e. The Morgan fingerprint density at radius 1 is 1.18 bits per heavy atom. The molecule has 0 atom stereocenters. The van der Waals surface area contributed by atoms with Crippen molar-refractivity contribution in [3.63, 3.8) is 0 Å².